The molecule has 0 aliphatic rings. The molecule has 0 saturated carbocycles. The van der Waals surface area contributed by atoms with Gasteiger partial charge >= 0.3 is 0 Å². The number of hydrogen-bond acceptors (Lipinski definition) is 2. The molecular formula is C14H24BrNS. The zero-order valence-corrected chi connectivity index (χ0v) is 13.7. The lowest BCUT2D eigenvalue weighted by Crippen LogP contribution is -2.32. The molecule has 0 unspecified atom stereocenters. The predicted molar refractivity (Wildman–Crippen MR) is 81.8 cm³/mol. The Hall–Kier alpha value is 0.140. The third-order valence-corrected chi connectivity index (χ3v) is 4.52. The van der Waals surface area contributed by atoms with Crippen molar-refractivity contribution in [3.05, 3.63) is 20.8 Å². The second-order valence-corrected chi connectivity index (χ2v) is 8.44. The summed E-state index contributed by atoms with van der Waals surface area (Å²) in [6.45, 7) is 11.4. The van der Waals surface area contributed by atoms with Crippen molar-refractivity contribution < 1.29 is 0 Å². The Morgan fingerprint density at radius 3 is 2.59 bits per heavy atom. The second kappa shape index (κ2) is 6.91. The topological polar surface area (TPSA) is 12.0 Å². The van der Waals surface area contributed by atoms with Crippen LogP contribution in [0.15, 0.2) is 15.9 Å². The van der Waals surface area contributed by atoms with E-state index in [-0.39, 0.29) is 0 Å². The average molecular weight is 318 g/mol. The van der Waals surface area contributed by atoms with Gasteiger partial charge in [0.15, 0.2) is 0 Å². The first-order valence-corrected chi connectivity index (χ1v) is 7.95. The fourth-order valence-corrected chi connectivity index (χ4v) is 3.22. The molecule has 0 aliphatic heterocycles. The highest BCUT2D eigenvalue weighted by Crippen LogP contribution is 2.27. The van der Waals surface area contributed by atoms with E-state index in [4.69, 9.17) is 0 Å². The molecule has 98 valence electrons. The van der Waals surface area contributed by atoms with Gasteiger partial charge in [-0.15, -0.1) is 11.3 Å². The van der Waals surface area contributed by atoms with Gasteiger partial charge in [0.05, 0.1) is 3.79 Å². The van der Waals surface area contributed by atoms with E-state index in [1.807, 2.05) is 11.3 Å². The zero-order valence-electron chi connectivity index (χ0n) is 11.3. The second-order valence-electron chi connectivity index (χ2n) is 5.89. The van der Waals surface area contributed by atoms with Crippen LogP contribution in [-0.4, -0.2) is 13.1 Å². The molecule has 0 aliphatic carbocycles. The number of halogens is 1. The van der Waals surface area contributed by atoms with Gasteiger partial charge in [-0.3, -0.25) is 0 Å². The van der Waals surface area contributed by atoms with E-state index in [1.165, 1.54) is 21.5 Å². The minimum atomic E-state index is 0.380. The van der Waals surface area contributed by atoms with Crippen LogP contribution in [0.2, 0.25) is 0 Å². The number of nitrogens with one attached hydrogen (secondary N) is 1. The molecule has 0 spiro atoms. The number of thiophene rings is 1. The lowest BCUT2D eigenvalue weighted by Gasteiger charge is -2.25. The van der Waals surface area contributed by atoms with Crippen LogP contribution < -0.4 is 5.32 Å². The van der Waals surface area contributed by atoms with Crippen LogP contribution in [-0.2, 0) is 6.42 Å². The number of hydrogen-bond donors (Lipinski definition) is 1. The molecule has 1 N–H and O–H groups in total. The van der Waals surface area contributed by atoms with E-state index in [1.54, 1.807) is 0 Å². The van der Waals surface area contributed by atoms with E-state index >= 15 is 0 Å². The molecule has 0 amide bonds. The van der Waals surface area contributed by atoms with Crippen LogP contribution in [0.3, 0.4) is 0 Å². The van der Waals surface area contributed by atoms with Gasteiger partial charge in [-0.25, -0.2) is 0 Å². The summed E-state index contributed by atoms with van der Waals surface area (Å²) in [5.74, 6) is 0.735. The fraction of sp³-hybridized carbons (Fsp3) is 0.714. The van der Waals surface area contributed by atoms with Gasteiger partial charge in [-0.2, -0.15) is 0 Å². The summed E-state index contributed by atoms with van der Waals surface area (Å²) in [5, 5.41) is 3.56. The van der Waals surface area contributed by atoms with Crippen LogP contribution in [0.5, 0.6) is 0 Å². The third-order valence-electron chi connectivity index (χ3n) is 2.83. The number of aryl methyl sites for hydroxylation is 1. The molecule has 0 fully saturated rings. The summed E-state index contributed by atoms with van der Waals surface area (Å²) < 4.78 is 1.24. The van der Waals surface area contributed by atoms with E-state index in [0.29, 0.717) is 5.41 Å². The first kappa shape index (κ1) is 15.2. The lowest BCUT2D eigenvalue weighted by molar-refractivity contribution is 0.309. The first-order chi connectivity index (χ1) is 7.89. The van der Waals surface area contributed by atoms with Crippen molar-refractivity contribution >= 4 is 27.3 Å². The minimum absolute atomic E-state index is 0.380. The minimum Gasteiger partial charge on any atom is -0.316 e. The molecule has 0 atom stereocenters. The molecular weight excluding hydrogens is 294 g/mol. The quantitative estimate of drug-likeness (QED) is 0.767. The first-order valence-electron chi connectivity index (χ1n) is 6.34. The Labute approximate surface area is 118 Å². The largest absolute Gasteiger partial charge is 0.316 e. The van der Waals surface area contributed by atoms with Gasteiger partial charge in [-0.1, -0.05) is 27.7 Å². The van der Waals surface area contributed by atoms with Crippen molar-refractivity contribution in [3.8, 4) is 0 Å². The Morgan fingerprint density at radius 1 is 1.35 bits per heavy atom. The Kier molecular flexibility index (Phi) is 6.18. The van der Waals surface area contributed by atoms with Gasteiger partial charge in [-0.05, 0) is 58.8 Å². The van der Waals surface area contributed by atoms with E-state index in [9.17, 15) is 0 Å². The molecule has 3 heteroatoms. The van der Waals surface area contributed by atoms with Crippen molar-refractivity contribution in [1.29, 1.82) is 0 Å². The molecule has 1 heterocycles. The molecule has 0 aromatic carbocycles. The van der Waals surface area contributed by atoms with Crippen molar-refractivity contribution in [2.45, 2.75) is 40.5 Å². The SMILES string of the molecule is CC(C)CNCC(C)(C)CCc1ccc(Br)s1. The van der Waals surface area contributed by atoms with Crippen molar-refractivity contribution in [2.24, 2.45) is 11.3 Å². The van der Waals surface area contributed by atoms with Crippen LogP contribution in [0, 0.1) is 11.3 Å². The van der Waals surface area contributed by atoms with E-state index in [2.05, 4.69) is 61.1 Å². The summed E-state index contributed by atoms with van der Waals surface area (Å²) in [4.78, 5) is 1.48. The third kappa shape index (κ3) is 6.58. The molecule has 0 radical (unpaired) electrons. The lowest BCUT2D eigenvalue weighted by atomic mass is 9.87. The molecule has 17 heavy (non-hydrogen) atoms. The smallest absolute Gasteiger partial charge is 0.0701 e. The Bertz CT molecular complexity index is 331. The maximum atomic E-state index is 3.56. The molecule has 1 nitrogen and oxygen atoms in total. The zero-order chi connectivity index (χ0) is 12.9. The highest BCUT2D eigenvalue weighted by Gasteiger charge is 2.17. The molecule has 0 saturated heterocycles. The Morgan fingerprint density at radius 2 is 2.06 bits per heavy atom. The van der Waals surface area contributed by atoms with Crippen LogP contribution in [0.25, 0.3) is 0 Å². The maximum Gasteiger partial charge on any atom is 0.0701 e. The highest BCUT2D eigenvalue weighted by atomic mass is 79.9. The summed E-state index contributed by atoms with van der Waals surface area (Å²) in [6, 6.07) is 4.37. The van der Waals surface area contributed by atoms with Crippen molar-refractivity contribution in [1.82, 2.24) is 5.32 Å². The van der Waals surface area contributed by atoms with Crippen LogP contribution >= 0.6 is 27.3 Å². The fourth-order valence-electron chi connectivity index (χ4n) is 1.74. The molecule has 1 rings (SSSR count). The highest BCUT2D eigenvalue weighted by molar-refractivity contribution is 9.11. The van der Waals surface area contributed by atoms with Crippen LogP contribution in [0.4, 0.5) is 0 Å². The van der Waals surface area contributed by atoms with Gasteiger partial charge < -0.3 is 5.32 Å². The van der Waals surface area contributed by atoms with E-state index < -0.39 is 0 Å². The predicted octanol–water partition coefficient (Wildman–Crippen LogP) is 4.72. The maximum absolute atomic E-state index is 3.56. The monoisotopic (exact) mass is 317 g/mol. The molecule has 1 aromatic heterocycles. The summed E-state index contributed by atoms with van der Waals surface area (Å²) in [6.07, 6.45) is 2.43. The van der Waals surface area contributed by atoms with Gasteiger partial charge in [0.25, 0.3) is 0 Å². The number of rotatable bonds is 7. The summed E-state index contributed by atoms with van der Waals surface area (Å²) in [7, 11) is 0. The summed E-state index contributed by atoms with van der Waals surface area (Å²) in [5.41, 5.74) is 0.380. The van der Waals surface area contributed by atoms with Gasteiger partial charge in [0.1, 0.15) is 0 Å². The van der Waals surface area contributed by atoms with E-state index in [0.717, 1.165) is 19.0 Å². The summed E-state index contributed by atoms with van der Waals surface area (Å²) >= 11 is 5.37. The normalized spacial score (nSPS) is 12.4. The molecule has 0 bridgehead atoms. The van der Waals surface area contributed by atoms with Crippen molar-refractivity contribution in [3.63, 3.8) is 0 Å². The molecule has 1 aromatic rings. The average Bonchev–Trinajstić information content (AvgIpc) is 2.61. The van der Waals surface area contributed by atoms with Crippen molar-refractivity contribution in [2.75, 3.05) is 13.1 Å². The van der Waals surface area contributed by atoms with Gasteiger partial charge in [0.2, 0.25) is 0 Å². The van der Waals surface area contributed by atoms with Gasteiger partial charge in [0, 0.05) is 11.4 Å². The standard InChI is InChI=1S/C14H24BrNS/c1-11(2)9-16-10-14(3,4)8-7-12-5-6-13(15)17-12/h5-6,11,16H,7-10H2,1-4H3. The Balaban J connectivity index is 2.28. The van der Waals surface area contributed by atoms with Crippen LogP contribution in [0.1, 0.15) is 39.0 Å².